The number of carbonyl (C=O) groups is 1. The quantitative estimate of drug-likeness (QED) is 0.844. The molecule has 1 atom stereocenters. The zero-order chi connectivity index (χ0) is 16.9. The van der Waals surface area contributed by atoms with E-state index in [9.17, 15) is 4.79 Å². The summed E-state index contributed by atoms with van der Waals surface area (Å²) in [7, 11) is 0. The Hall–Kier alpha value is -1.85. The molecular formula is C18H23ClN4O. The van der Waals surface area contributed by atoms with Crippen molar-refractivity contribution in [2.75, 3.05) is 19.6 Å². The largest absolute Gasteiger partial charge is 0.350 e. The highest BCUT2D eigenvalue weighted by Crippen LogP contribution is 2.25. The molecule has 0 saturated carbocycles. The Labute approximate surface area is 147 Å². The third-order valence-electron chi connectivity index (χ3n) is 4.61. The van der Waals surface area contributed by atoms with E-state index in [-0.39, 0.29) is 11.9 Å². The van der Waals surface area contributed by atoms with Crippen molar-refractivity contribution in [2.24, 2.45) is 0 Å². The van der Waals surface area contributed by atoms with Gasteiger partial charge in [-0.05, 0) is 50.0 Å². The summed E-state index contributed by atoms with van der Waals surface area (Å²) in [5.74, 6) is -0.0706. The minimum absolute atomic E-state index is 0.0706. The molecule has 128 valence electrons. The first-order valence-electron chi connectivity index (χ1n) is 8.49. The van der Waals surface area contributed by atoms with Crippen LogP contribution in [0.4, 0.5) is 0 Å². The number of aryl methyl sites for hydroxylation is 1. The standard InChI is InChI=1S/C18H23ClN4O/c1-2-16-15(11-21-22-16)18(24)20-12-17(23-9-3-4-10-23)13-5-7-14(19)8-6-13/h5-8,11,17H,2-4,9-10,12H2,1H3,(H,20,24)(H,21,22). The van der Waals surface area contributed by atoms with Gasteiger partial charge >= 0.3 is 0 Å². The van der Waals surface area contributed by atoms with Crippen LogP contribution in [-0.4, -0.2) is 40.6 Å². The summed E-state index contributed by atoms with van der Waals surface area (Å²) >= 11 is 6.01. The first kappa shape index (κ1) is 17.0. The van der Waals surface area contributed by atoms with E-state index in [4.69, 9.17) is 11.6 Å². The van der Waals surface area contributed by atoms with Gasteiger partial charge in [-0.15, -0.1) is 0 Å². The van der Waals surface area contributed by atoms with Gasteiger partial charge in [0.2, 0.25) is 0 Å². The fourth-order valence-corrected chi connectivity index (χ4v) is 3.38. The van der Waals surface area contributed by atoms with Gasteiger partial charge in [0.05, 0.1) is 17.8 Å². The smallest absolute Gasteiger partial charge is 0.254 e. The molecule has 1 fully saturated rings. The SMILES string of the molecule is CCc1[nH]ncc1C(=O)NCC(c1ccc(Cl)cc1)N1CCCC1. The molecule has 1 aromatic carbocycles. The molecule has 2 heterocycles. The minimum Gasteiger partial charge on any atom is -0.350 e. The van der Waals surface area contributed by atoms with E-state index in [2.05, 4.69) is 20.4 Å². The molecule has 1 saturated heterocycles. The second-order valence-electron chi connectivity index (χ2n) is 6.14. The lowest BCUT2D eigenvalue weighted by Gasteiger charge is -2.28. The predicted octanol–water partition coefficient (Wildman–Crippen LogP) is 3.19. The lowest BCUT2D eigenvalue weighted by molar-refractivity contribution is 0.0937. The second-order valence-corrected chi connectivity index (χ2v) is 6.57. The number of aromatic nitrogens is 2. The summed E-state index contributed by atoms with van der Waals surface area (Å²) in [5.41, 5.74) is 2.69. The Bertz CT molecular complexity index is 677. The molecule has 2 N–H and O–H groups in total. The molecule has 1 unspecified atom stereocenters. The maximum atomic E-state index is 12.5. The summed E-state index contributed by atoms with van der Waals surface area (Å²) in [5, 5.41) is 10.7. The number of likely N-dealkylation sites (tertiary alicyclic amines) is 1. The molecule has 1 aromatic heterocycles. The first-order chi connectivity index (χ1) is 11.7. The molecule has 0 bridgehead atoms. The Morgan fingerprint density at radius 2 is 2.04 bits per heavy atom. The van der Waals surface area contributed by atoms with Crippen LogP contribution < -0.4 is 5.32 Å². The van der Waals surface area contributed by atoms with Crippen molar-refractivity contribution in [2.45, 2.75) is 32.2 Å². The number of benzene rings is 1. The molecule has 6 heteroatoms. The second kappa shape index (κ2) is 7.81. The number of carbonyl (C=O) groups excluding carboxylic acids is 1. The number of nitrogens with zero attached hydrogens (tertiary/aromatic N) is 2. The van der Waals surface area contributed by atoms with Gasteiger partial charge in [-0.3, -0.25) is 14.8 Å². The van der Waals surface area contributed by atoms with Gasteiger partial charge in [-0.2, -0.15) is 5.10 Å². The Balaban J connectivity index is 1.72. The fraction of sp³-hybridized carbons (Fsp3) is 0.444. The van der Waals surface area contributed by atoms with Crippen molar-refractivity contribution in [3.05, 3.63) is 52.3 Å². The topological polar surface area (TPSA) is 61.0 Å². The van der Waals surface area contributed by atoms with Gasteiger partial charge in [-0.25, -0.2) is 0 Å². The highest BCUT2D eigenvalue weighted by Gasteiger charge is 2.24. The predicted molar refractivity (Wildman–Crippen MR) is 95.3 cm³/mol. The maximum Gasteiger partial charge on any atom is 0.254 e. The molecule has 3 rings (SSSR count). The van der Waals surface area contributed by atoms with Crippen LogP contribution in [0.25, 0.3) is 0 Å². The van der Waals surface area contributed by atoms with Crippen molar-refractivity contribution in [3.8, 4) is 0 Å². The van der Waals surface area contributed by atoms with E-state index in [0.29, 0.717) is 12.1 Å². The van der Waals surface area contributed by atoms with Crippen LogP contribution in [-0.2, 0) is 6.42 Å². The summed E-state index contributed by atoms with van der Waals surface area (Å²) < 4.78 is 0. The maximum absolute atomic E-state index is 12.5. The van der Waals surface area contributed by atoms with Crippen molar-refractivity contribution in [3.63, 3.8) is 0 Å². The third kappa shape index (κ3) is 3.79. The number of aromatic amines is 1. The number of hydrogen-bond acceptors (Lipinski definition) is 3. The monoisotopic (exact) mass is 346 g/mol. The van der Waals surface area contributed by atoms with Crippen molar-refractivity contribution in [1.29, 1.82) is 0 Å². The van der Waals surface area contributed by atoms with Crippen LogP contribution in [0.15, 0.2) is 30.5 Å². The Kier molecular flexibility index (Phi) is 5.53. The number of nitrogens with one attached hydrogen (secondary N) is 2. The van der Waals surface area contributed by atoms with E-state index < -0.39 is 0 Å². The Morgan fingerprint density at radius 1 is 1.33 bits per heavy atom. The fourth-order valence-electron chi connectivity index (χ4n) is 3.26. The number of hydrogen-bond donors (Lipinski definition) is 2. The van der Waals surface area contributed by atoms with E-state index in [1.54, 1.807) is 6.20 Å². The third-order valence-corrected chi connectivity index (χ3v) is 4.86. The van der Waals surface area contributed by atoms with Crippen LogP contribution in [0.5, 0.6) is 0 Å². The van der Waals surface area contributed by atoms with Gasteiger partial charge in [0.15, 0.2) is 0 Å². The molecule has 24 heavy (non-hydrogen) atoms. The van der Waals surface area contributed by atoms with Crippen LogP contribution in [0.2, 0.25) is 5.02 Å². The molecule has 5 nitrogen and oxygen atoms in total. The van der Waals surface area contributed by atoms with Crippen LogP contribution in [0.1, 0.15) is 47.4 Å². The molecule has 1 aliphatic heterocycles. The van der Waals surface area contributed by atoms with Gasteiger partial charge < -0.3 is 5.32 Å². The zero-order valence-electron chi connectivity index (χ0n) is 13.9. The van der Waals surface area contributed by atoms with Crippen molar-refractivity contribution < 1.29 is 4.79 Å². The van der Waals surface area contributed by atoms with Gasteiger partial charge in [0, 0.05) is 17.3 Å². The van der Waals surface area contributed by atoms with E-state index in [0.717, 1.165) is 30.2 Å². The average Bonchev–Trinajstić information content (AvgIpc) is 3.27. The van der Waals surface area contributed by atoms with Crippen molar-refractivity contribution >= 4 is 17.5 Å². The highest BCUT2D eigenvalue weighted by molar-refractivity contribution is 6.30. The Morgan fingerprint density at radius 3 is 2.71 bits per heavy atom. The molecule has 2 aromatic rings. The first-order valence-corrected chi connectivity index (χ1v) is 8.86. The lowest BCUT2D eigenvalue weighted by atomic mass is 10.1. The van der Waals surface area contributed by atoms with E-state index in [1.165, 1.54) is 18.4 Å². The molecule has 0 aliphatic carbocycles. The van der Waals surface area contributed by atoms with Crippen LogP contribution >= 0.6 is 11.6 Å². The van der Waals surface area contributed by atoms with E-state index >= 15 is 0 Å². The molecular weight excluding hydrogens is 324 g/mol. The average molecular weight is 347 g/mol. The normalized spacial score (nSPS) is 16.2. The summed E-state index contributed by atoms with van der Waals surface area (Å²) in [6, 6.07) is 8.09. The molecule has 1 amide bonds. The van der Waals surface area contributed by atoms with Gasteiger partial charge in [0.25, 0.3) is 5.91 Å². The van der Waals surface area contributed by atoms with Crippen LogP contribution in [0.3, 0.4) is 0 Å². The van der Waals surface area contributed by atoms with Crippen LogP contribution in [0, 0.1) is 0 Å². The number of halogens is 1. The lowest BCUT2D eigenvalue weighted by Crippen LogP contribution is -2.37. The zero-order valence-corrected chi connectivity index (χ0v) is 14.6. The summed E-state index contributed by atoms with van der Waals surface area (Å²) in [6.45, 7) is 4.71. The molecule has 0 radical (unpaired) electrons. The van der Waals surface area contributed by atoms with Gasteiger partial charge in [0.1, 0.15) is 0 Å². The number of rotatable bonds is 6. The molecule has 0 spiro atoms. The van der Waals surface area contributed by atoms with Crippen molar-refractivity contribution in [1.82, 2.24) is 20.4 Å². The van der Waals surface area contributed by atoms with Gasteiger partial charge in [-0.1, -0.05) is 30.7 Å². The highest BCUT2D eigenvalue weighted by atomic mass is 35.5. The minimum atomic E-state index is -0.0706. The molecule has 1 aliphatic rings. The van der Waals surface area contributed by atoms with E-state index in [1.807, 2.05) is 31.2 Å². The summed E-state index contributed by atoms with van der Waals surface area (Å²) in [6.07, 6.45) is 4.77. The summed E-state index contributed by atoms with van der Waals surface area (Å²) in [4.78, 5) is 14.9. The number of amides is 1. The number of H-pyrrole nitrogens is 1.